The summed E-state index contributed by atoms with van der Waals surface area (Å²) >= 11 is 0. The van der Waals surface area contributed by atoms with Crippen molar-refractivity contribution < 1.29 is 18.4 Å². The number of aromatic nitrogens is 2. The van der Waals surface area contributed by atoms with Crippen molar-refractivity contribution in [2.45, 2.75) is 44.7 Å². The summed E-state index contributed by atoms with van der Waals surface area (Å²) in [7, 11) is 3.88. The highest BCUT2D eigenvalue weighted by Gasteiger charge is 2.32. The van der Waals surface area contributed by atoms with E-state index in [4.69, 9.17) is 9.57 Å². The third-order valence-electron chi connectivity index (χ3n) is 9.03. The van der Waals surface area contributed by atoms with E-state index in [-0.39, 0.29) is 5.56 Å². The summed E-state index contributed by atoms with van der Waals surface area (Å²) in [5, 5.41) is 4.94. The molecule has 0 saturated carbocycles. The first-order valence-corrected chi connectivity index (χ1v) is 15.3. The van der Waals surface area contributed by atoms with Crippen LogP contribution < -0.4 is 20.0 Å². The minimum Gasteiger partial charge on any atom is -0.494 e. The van der Waals surface area contributed by atoms with Crippen LogP contribution in [0.5, 0.6) is 5.75 Å². The molecular formula is C32H41F2N7O2. The first-order valence-electron chi connectivity index (χ1n) is 15.3. The zero-order valence-electron chi connectivity index (χ0n) is 25.2. The molecule has 0 radical (unpaired) electrons. The lowest BCUT2D eigenvalue weighted by Gasteiger charge is -2.43. The number of piperidine rings is 1. The Morgan fingerprint density at radius 3 is 2.53 bits per heavy atom. The lowest BCUT2D eigenvalue weighted by Crippen LogP contribution is -2.52. The second kappa shape index (κ2) is 13.0. The normalized spacial score (nSPS) is 20.5. The average Bonchev–Trinajstić information content (AvgIpc) is 3.53. The summed E-state index contributed by atoms with van der Waals surface area (Å²) in [6.45, 7) is 9.21. The molecule has 3 aliphatic heterocycles. The molecule has 2 aromatic carbocycles. The number of likely N-dealkylation sites (N-methyl/N-ethyl adjacent to an activating group) is 1. The Morgan fingerprint density at radius 1 is 1.00 bits per heavy atom. The van der Waals surface area contributed by atoms with E-state index >= 15 is 0 Å². The van der Waals surface area contributed by atoms with E-state index in [1.54, 1.807) is 19.2 Å². The van der Waals surface area contributed by atoms with E-state index < -0.39 is 17.7 Å². The molecular weight excluding hydrogens is 552 g/mol. The van der Waals surface area contributed by atoms with Gasteiger partial charge in [-0.05, 0) is 44.0 Å². The van der Waals surface area contributed by atoms with E-state index in [9.17, 15) is 8.78 Å². The maximum absolute atomic E-state index is 14.6. The highest BCUT2D eigenvalue weighted by Crippen LogP contribution is 2.39. The van der Waals surface area contributed by atoms with Gasteiger partial charge in [-0.1, -0.05) is 19.1 Å². The van der Waals surface area contributed by atoms with Crippen molar-refractivity contribution in [3.05, 3.63) is 65.5 Å². The van der Waals surface area contributed by atoms with Crippen molar-refractivity contribution in [1.29, 1.82) is 0 Å². The fourth-order valence-corrected chi connectivity index (χ4v) is 6.55. The third-order valence-corrected chi connectivity index (χ3v) is 9.03. The number of hydrogen-bond acceptors (Lipinski definition) is 9. The van der Waals surface area contributed by atoms with Crippen LogP contribution in [0.25, 0.3) is 0 Å². The first kappa shape index (κ1) is 29.5. The Morgan fingerprint density at radius 2 is 1.79 bits per heavy atom. The van der Waals surface area contributed by atoms with Gasteiger partial charge in [-0.2, -0.15) is 0 Å². The highest BCUT2D eigenvalue weighted by molar-refractivity contribution is 5.73. The second-order valence-corrected chi connectivity index (χ2v) is 11.6. The second-order valence-electron chi connectivity index (χ2n) is 11.6. The third kappa shape index (κ3) is 6.25. The Hall–Kier alpha value is -3.54. The molecule has 3 fully saturated rings. The fraction of sp³-hybridized carbons (Fsp3) is 0.500. The number of rotatable bonds is 8. The molecule has 0 bridgehead atoms. The van der Waals surface area contributed by atoms with Crippen LogP contribution in [0.15, 0.2) is 42.7 Å². The van der Waals surface area contributed by atoms with Gasteiger partial charge in [0.2, 0.25) is 0 Å². The van der Waals surface area contributed by atoms with Gasteiger partial charge in [0, 0.05) is 75.1 Å². The number of ether oxygens (including phenoxy) is 1. The smallest absolute Gasteiger partial charge is 0.164 e. The standard InChI is InChI=1S/C32H41F2N7O2/c1-4-22-18-26(29(42-3)19-28(22)40-11-8-23(9-12-40)39-15-13-38(2)14-16-39)37-30-20-31(36-21-35-30)41-27(10-17-43-41)24-6-5-7-25(33)32(24)34/h5-7,18-21,23,27H,4,8-17H2,1-3H3,(H,35,36,37). The maximum Gasteiger partial charge on any atom is 0.164 e. The Balaban J connectivity index is 1.18. The van der Waals surface area contributed by atoms with E-state index in [1.807, 2.05) is 0 Å². The van der Waals surface area contributed by atoms with Crippen LogP contribution in [0, 0.1) is 11.6 Å². The summed E-state index contributed by atoms with van der Waals surface area (Å²) in [5.41, 5.74) is 3.49. The lowest BCUT2D eigenvalue weighted by atomic mass is 9.99. The molecule has 0 aliphatic carbocycles. The molecule has 1 N–H and O–H groups in total. The van der Waals surface area contributed by atoms with Crippen LogP contribution in [0.1, 0.15) is 43.4 Å². The lowest BCUT2D eigenvalue weighted by molar-refractivity contribution is 0.0982. The molecule has 1 unspecified atom stereocenters. The summed E-state index contributed by atoms with van der Waals surface area (Å²) in [5.74, 6) is -0.0177. The zero-order valence-corrected chi connectivity index (χ0v) is 25.2. The van der Waals surface area contributed by atoms with E-state index in [0.29, 0.717) is 30.7 Å². The van der Waals surface area contributed by atoms with Crippen molar-refractivity contribution in [2.75, 3.05) is 75.3 Å². The van der Waals surface area contributed by atoms with Crippen LogP contribution in [0.2, 0.25) is 0 Å². The number of hydroxylamine groups is 1. The summed E-state index contributed by atoms with van der Waals surface area (Å²) in [4.78, 5) is 22.2. The van der Waals surface area contributed by atoms with Gasteiger partial charge in [0.15, 0.2) is 17.5 Å². The predicted molar refractivity (Wildman–Crippen MR) is 164 cm³/mol. The monoisotopic (exact) mass is 593 g/mol. The van der Waals surface area contributed by atoms with Crippen molar-refractivity contribution >= 4 is 23.0 Å². The molecule has 6 rings (SSSR count). The molecule has 3 saturated heterocycles. The minimum absolute atomic E-state index is 0.239. The molecule has 0 amide bonds. The van der Waals surface area contributed by atoms with Gasteiger partial charge in [-0.15, -0.1) is 0 Å². The number of hydrogen-bond donors (Lipinski definition) is 1. The van der Waals surface area contributed by atoms with E-state index in [2.05, 4.69) is 56.1 Å². The molecule has 11 heteroatoms. The molecule has 230 valence electrons. The number of halogens is 2. The van der Waals surface area contributed by atoms with Gasteiger partial charge in [-0.3, -0.25) is 9.74 Å². The largest absolute Gasteiger partial charge is 0.494 e. The Kier molecular flexibility index (Phi) is 8.92. The number of aryl methyl sites for hydroxylation is 1. The van der Waals surface area contributed by atoms with Crippen LogP contribution in [0.4, 0.5) is 31.8 Å². The SMILES string of the molecule is CCc1cc(Nc2cc(N3OCCC3c3cccc(F)c3F)ncn2)c(OC)cc1N1CCC(N2CCN(C)CC2)CC1. The number of nitrogens with one attached hydrogen (secondary N) is 1. The molecule has 43 heavy (non-hydrogen) atoms. The summed E-state index contributed by atoms with van der Waals surface area (Å²) in [6, 6.07) is 10.4. The predicted octanol–water partition coefficient (Wildman–Crippen LogP) is 5.17. The minimum atomic E-state index is -0.879. The Bertz CT molecular complexity index is 1410. The molecule has 9 nitrogen and oxygen atoms in total. The zero-order chi connectivity index (χ0) is 29.9. The Labute approximate surface area is 252 Å². The van der Waals surface area contributed by atoms with Gasteiger partial charge >= 0.3 is 0 Å². The van der Waals surface area contributed by atoms with Gasteiger partial charge in [0.05, 0.1) is 25.4 Å². The number of piperazine rings is 1. The van der Waals surface area contributed by atoms with Gasteiger partial charge in [-0.25, -0.2) is 23.8 Å². The highest BCUT2D eigenvalue weighted by atomic mass is 19.2. The van der Waals surface area contributed by atoms with Gasteiger partial charge < -0.3 is 19.9 Å². The fourth-order valence-electron chi connectivity index (χ4n) is 6.55. The van der Waals surface area contributed by atoms with E-state index in [1.165, 1.54) is 28.7 Å². The molecule has 1 atom stereocenters. The molecule has 3 aromatic rings. The topological polar surface area (TPSA) is 69.2 Å². The van der Waals surface area contributed by atoms with Crippen molar-refractivity contribution in [3.63, 3.8) is 0 Å². The maximum atomic E-state index is 14.6. The van der Waals surface area contributed by atoms with E-state index in [0.717, 1.165) is 76.0 Å². The first-order chi connectivity index (χ1) is 20.9. The number of nitrogens with zero attached hydrogens (tertiary/aromatic N) is 6. The van der Waals surface area contributed by atoms with Crippen molar-refractivity contribution in [1.82, 2.24) is 19.8 Å². The molecule has 4 heterocycles. The van der Waals surface area contributed by atoms with Crippen molar-refractivity contribution in [3.8, 4) is 5.75 Å². The van der Waals surface area contributed by atoms with Crippen LogP contribution >= 0.6 is 0 Å². The van der Waals surface area contributed by atoms with Crippen LogP contribution in [-0.2, 0) is 11.3 Å². The molecule has 3 aliphatic rings. The van der Waals surface area contributed by atoms with Gasteiger partial charge in [0.25, 0.3) is 0 Å². The quantitative estimate of drug-likeness (QED) is 0.381. The average molecular weight is 594 g/mol. The number of benzene rings is 2. The number of methoxy groups -OCH3 is 1. The van der Waals surface area contributed by atoms with Crippen LogP contribution in [-0.4, -0.2) is 85.8 Å². The summed E-state index contributed by atoms with van der Waals surface area (Å²) in [6.07, 6.45) is 5.15. The van der Waals surface area contributed by atoms with Crippen LogP contribution in [0.3, 0.4) is 0 Å². The van der Waals surface area contributed by atoms with Gasteiger partial charge in [0.1, 0.15) is 17.9 Å². The van der Waals surface area contributed by atoms with Crippen molar-refractivity contribution in [2.24, 2.45) is 0 Å². The number of anilines is 4. The summed E-state index contributed by atoms with van der Waals surface area (Å²) < 4.78 is 34.4. The molecule has 1 aromatic heterocycles. The molecule has 0 spiro atoms.